The Hall–Kier alpha value is -3.08. The van der Waals surface area contributed by atoms with E-state index in [1.807, 2.05) is 54.6 Å². The summed E-state index contributed by atoms with van der Waals surface area (Å²) >= 11 is 0. The van der Waals surface area contributed by atoms with Gasteiger partial charge < -0.3 is 14.7 Å². The Bertz CT molecular complexity index is 899. The van der Waals surface area contributed by atoms with Gasteiger partial charge in [-0.05, 0) is 52.0 Å². The maximum absolute atomic E-state index is 12.9. The molecule has 0 saturated carbocycles. The fourth-order valence-electron chi connectivity index (χ4n) is 3.21. The minimum Gasteiger partial charge on any atom is -0.369 e. The molecule has 0 atom stereocenters. The average molecular weight is 363 g/mol. The molecule has 1 N–H and O–H groups in total. The molecule has 3 aromatic rings. The normalized spacial score (nSPS) is 10.9. The number of anilines is 2. The van der Waals surface area contributed by atoms with E-state index in [9.17, 15) is 4.79 Å². The summed E-state index contributed by atoms with van der Waals surface area (Å²) in [6.07, 6.45) is 0. The Labute approximate surface area is 160 Å². The van der Waals surface area contributed by atoms with E-state index in [2.05, 4.69) is 36.1 Å². The van der Waals surface area contributed by atoms with Gasteiger partial charge in [0.25, 0.3) is 5.91 Å². The van der Waals surface area contributed by atoms with E-state index in [1.165, 1.54) is 0 Å². The molecule has 0 fully saturated rings. The largest absolute Gasteiger partial charge is 0.369 e. The van der Waals surface area contributed by atoms with Crippen LogP contribution < -0.4 is 10.2 Å². The summed E-state index contributed by atoms with van der Waals surface area (Å²) in [4.78, 5) is 15.1. The molecule has 0 spiro atoms. The highest BCUT2D eigenvalue weighted by atomic mass is 16.5. The molecule has 1 heterocycles. The molecule has 0 aliphatic rings. The highest BCUT2D eigenvalue weighted by Crippen LogP contribution is 2.26. The van der Waals surface area contributed by atoms with Gasteiger partial charge in [-0.15, -0.1) is 0 Å². The number of carbonyl (C=O) groups excluding carboxylic acids is 1. The van der Waals surface area contributed by atoms with E-state index >= 15 is 0 Å². The number of aromatic nitrogens is 1. The van der Waals surface area contributed by atoms with Crippen LogP contribution >= 0.6 is 0 Å². The minimum atomic E-state index is -0.225. The van der Waals surface area contributed by atoms with Gasteiger partial charge in [-0.25, -0.2) is 0 Å². The van der Waals surface area contributed by atoms with Crippen molar-refractivity contribution in [2.45, 2.75) is 33.7 Å². The fraction of sp³-hybridized carbons (Fsp3) is 0.273. The maximum Gasteiger partial charge on any atom is 0.261 e. The van der Waals surface area contributed by atoms with Crippen molar-refractivity contribution in [1.82, 2.24) is 5.16 Å². The van der Waals surface area contributed by atoms with Crippen molar-refractivity contribution >= 4 is 17.3 Å². The molecule has 0 radical (unpaired) electrons. The molecule has 0 bridgehead atoms. The molecule has 1 amide bonds. The fourth-order valence-corrected chi connectivity index (χ4v) is 3.21. The molecule has 5 heteroatoms. The van der Waals surface area contributed by atoms with E-state index in [-0.39, 0.29) is 5.91 Å². The first-order chi connectivity index (χ1) is 13.0. The van der Waals surface area contributed by atoms with Crippen molar-refractivity contribution in [3.8, 4) is 11.3 Å². The van der Waals surface area contributed by atoms with Gasteiger partial charge in [0.1, 0.15) is 17.0 Å². The van der Waals surface area contributed by atoms with Crippen molar-refractivity contribution in [2.75, 3.05) is 16.8 Å². The van der Waals surface area contributed by atoms with E-state index in [1.54, 1.807) is 6.92 Å². The zero-order chi connectivity index (χ0) is 19.4. The van der Waals surface area contributed by atoms with Crippen molar-refractivity contribution < 1.29 is 9.32 Å². The molecule has 0 aliphatic heterocycles. The van der Waals surface area contributed by atoms with Gasteiger partial charge in [0.15, 0.2) is 0 Å². The van der Waals surface area contributed by atoms with E-state index in [0.29, 0.717) is 23.1 Å². The van der Waals surface area contributed by atoms with Crippen LogP contribution in [0.1, 0.15) is 36.9 Å². The molecule has 0 aliphatic carbocycles. The van der Waals surface area contributed by atoms with Crippen molar-refractivity contribution in [1.29, 1.82) is 0 Å². The highest BCUT2D eigenvalue weighted by Gasteiger charge is 2.21. The minimum absolute atomic E-state index is 0.225. The molecular weight excluding hydrogens is 338 g/mol. The second-order valence-corrected chi connectivity index (χ2v) is 6.71. The van der Waals surface area contributed by atoms with Crippen LogP contribution in [-0.4, -0.2) is 23.7 Å². The lowest BCUT2D eigenvalue weighted by Crippen LogP contribution is -2.30. The first-order valence-corrected chi connectivity index (χ1v) is 9.21. The van der Waals surface area contributed by atoms with Crippen LogP contribution in [0, 0.1) is 6.92 Å². The Morgan fingerprint density at radius 1 is 1.11 bits per heavy atom. The number of rotatable bonds is 6. The third-order valence-electron chi connectivity index (χ3n) is 4.56. The number of amides is 1. The predicted molar refractivity (Wildman–Crippen MR) is 109 cm³/mol. The standard InChI is InChI=1S/C22H25N3O2/c1-5-25(15(2)3)19-13-11-18(12-14-19)23-22(26)20-16(4)27-24-21(20)17-9-7-6-8-10-17/h6-15H,5H2,1-4H3,(H,23,26). The molecule has 2 aromatic carbocycles. The molecule has 5 nitrogen and oxygen atoms in total. The second kappa shape index (κ2) is 8.08. The van der Waals surface area contributed by atoms with Crippen LogP contribution in [0.2, 0.25) is 0 Å². The van der Waals surface area contributed by atoms with Crippen LogP contribution in [0.3, 0.4) is 0 Å². The first-order valence-electron chi connectivity index (χ1n) is 9.21. The zero-order valence-corrected chi connectivity index (χ0v) is 16.2. The lowest BCUT2D eigenvalue weighted by atomic mass is 10.1. The summed E-state index contributed by atoms with van der Waals surface area (Å²) in [5.41, 5.74) is 3.74. The van der Waals surface area contributed by atoms with E-state index in [4.69, 9.17) is 4.52 Å². The van der Waals surface area contributed by atoms with E-state index in [0.717, 1.165) is 23.5 Å². The van der Waals surface area contributed by atoms with Gasteiger partial charge in [-0.2, -0.15) is 0 Å². The predicted octanol–water partition coefficient (Wildman–Crippen LogP) is 5.14. The van der Waals surface area contributed by atoms with E-state index < -0.39 is 0 Å². The molecule has 3 rings (SSSR count). The van der Waals surface area contributed by atoms with Gasteiger partial charge >= 0.3 is 0 Å². The van der Waals surface area contributed by atoms with Gasteiger partial charge in [0.2, 0.25) is 0 Å². The smallest absolute Gasteiger partial charge is 0.261 e. The zero-order valence-electron chi connectivity index (χ0n) is 16.2. The molecule has 140 valence electrons. The highest BCUT2D eigenvalue weighted by molar-refractivity contribution is 6.08. The topological polar surface area (TPSA) is 58.4 Å². The number of aryl methyl sites for hydroxylation is 1. The quantitative estimate of drug-likeness (QED) is 0.659. The Morgan fingerprint density at radius 3 is 2.37 bits per heavy atom. The number of benzene rings is 2. The van der Waals surface area contributed by atoms with Crippen LogP contribution in [0.4, 0.5) is 11.4 Å². The van der Waals surface area contributed by atoms with Crippen LogP contribution in [-0.2, 0) is 0 Å². The van der Waals surface area contributed by atoms with Gasteiger partial charge in [-0.1, -0.05) is 35.5 Å². The Balaban J connectivity index is 1.82. The van der Waals surface area contributed by atoms with Gasteiger partial charge in [0.05, 0.1) is 0 Å². The first kappa shape index (κ1) is 18.7. The second-order valence-electron chi connectivity index (χ2n) is 6.71. The molecule has 0 saturated heterocycles. The summed E-state index contributed by atoms with van der Waals surface area (Å²) in [5.74, 6) is 0.275. The lowest BCUT2D eigenvalue weighted by Gasteiger charge is -2.27. The average Bonchev–Trinajstić information content (AvgIpc) is 3.06. The number of carbonyl (C=O) groups is 1. The van der Waals surface area contributed by atoms with Crippen LogP contribution in [0.15, 0.2) is 59.1 Å². The molecular formula is C22H25N3O2. The summed E-state index contributed by atoms with van der Waals surface area (Å²) in [6, 6.07) is 17.9. The van der Waals surface area contributed by atoms with Crippen molar-refractivity contribution in [3.63, 3.8) is 0 Å². The Morgan fingerprint density at radius 2 is 1.78 bits per heavy atom. The summed E-state index contributed by atoms with van der Waals surface area (Å²) in [6.45, 7) is 9.15. The van der Waals surface area contributed by atoms with Crippen LogP contribution in [0.25, 0.3) is 11.3 Å². The molecule has 27 heavy (non-hydrogen) atoms. The molecule has 1 aromatic heterocycles. The van der Waals surface area contributed by atoms with Gasteiger partial charge in [-0.3, -0.25) is 4.79 Å². The monoisotopic (exact) mass is 363 g/mol. The number of hydrogen-bond acceptors (Lipinski definition) is 4. The van der Waals surface area contributed by atoms with Gasteiger partial charge in [0, 0.05) is 29.5 Å². The summed E-state index contributed by atoms with van der Waals surface area (Å²) in [5, 5.41) is 7.03. The Kier molecular flexibility index (Phi) is 5.60. The lowest BCUT2D eigenvalue weighted by molar-refractivity contribution is 0.102. The molecule has 0 unspecified atom stereocenters. The van der Waals surface area contributed by atoms with Crippen LogP contribution in [0.5, 0.6) is 0 Å². The SMILES string of the molecule is CCN(c1ccc(NC(=O)c2c(-c3ccccc3)noc2C)cc1)C(C)C. The number of nitrogens with zero attached hydrogens (tertiary/aromatic N) is 2. The summed E-state index contributed by atoms with van der Waals surface area (Å²) in [7, 11) is 0. The third kappa shape index (κ3) is 4.03. The maximum atomic E-state index is 12.9. The number of hydrogen-bond donors (Lipinski definition) is 1. The number of nitrogens with one attached hydrogen (secondary N) is 1. The van der Waals surface area contributed by atoms with Crippen molar-refractivity contribution in [3.05, 3.63) is 65.9 Å². The van der Waals surface area contributed by atoms with Crippen molar-refractivity contribution in [2.24, 2.45) is 0 Å². The summed E-state index contributed by atoms with van der Waals surface area (Å²) < 4.78 is 5.28. The third-order valence-corrected chi connectivity index (χ3v) is 4.56.